The number of anilines is 1. The van der Waals surface area contributed by atoms with E-state index in [9.17, 15) is 4.79 Å². The molecule has 0 bridgehead atoms. The molecule has 1 aromatic heterocycles. The second-order valence-electron chi connectivity index (χ2n) is 5.18. The molecule has 0 aromatic carbocycles. The minimum atomic E-state index is -0.873. The molecule has 1 saturated heterocycles. The molecule has 1 amide bonds. The van der Waals surface area contributed by atoms with E-state index in [0.29, 0.717) is 5.15 Å². The van der Waals surface area contributed by atoms with Gasteiger partial charge in [-0.15, -0.1) is 10.2 Å². The summed E-state index contributed by atoms with van der Waals surface area (Å²) in [5.41, 5.74) is 1.98. The summed E-state index contributed by atoms with van der Waals surface area (Å²) in [6.07, 6.45) is 0.721. The van der Waals surface area contributed by atoms with Gasteiger partial charge in [-0.2, -0.15) is 0 Å². The maximum absolute atomic E-state index is 11.0. The summed E-state index contributed by atoms with van der Waals surface area (Å²) in [5, 5.41) is 17.6. The van der Waals surface area contributed by atoms with Gasteiger partial charge in [-0.3, -0.25) is 0 Å². The largest absolute Gasteiger partial charge is 0.465 e. The van der Waals surface area contributed by atoms with E-state index in [2.05, 4.69) is 15.1 Å². The molecule has 1 aromatic rings. The minimum absolute atomic E-state index is 0.0745. The predicted molar refractivity (Wildman–Crippen MR) is 77.5 cm³/mol. The summed E-state index contributed by atoms with van der Waals surface area (Å²) in [5.74, 6) is 0.850. The van der Waals surface area contributed by atoms with E-state index in [1.54, 1.807) is 7.05 Å². The van der Waals surface area contributed by atoms with Gasteiger partial charge < -0.3 is 14.9 Å². The van der Waals surface area contributed by atoms with Gasteiger partial charge in [-0.25, -0.2) is 4.79 Å². The molecule has 1 aliphatic rings. The first-order valence-electron chi connectivity index (χ1n) is 6.62. The maximum atomic E-state index is 11.0. The van der Waals surface area contributed by atoms with Gasteiger partial charge in [0.25, 0.3) is 0 Å². The molecule has 0 spiro atoms. The van der Waals surface area contributed by atoms with Gasteiger partial charge in [0.15, 0.2) is 11.0 Å². The Bertz CT molecular complexity index is 515. The van der Waals surface area contributed by atoms with Gasteiger partial charge in [0, 0.05) is 26.2 Å². The van der Waals surface area contributed by atoms with E-state index in [-0.39, 0.29) is 6.04 Å². The van der Waals surface area contributed by atoms with Gasteiger partial charge in [0.2, 0.25) is 0 Å². The van der Waals surface area contributed by atoms with E-state index in [1.165, 1.54) is 4.90 Å². The number of hydrogen-bond donors (Lipinski definition) is 1. The molecule has 0 unspecified atom stereocenters. The van der Waals surface area contributed by atoms with Crippen LogP contribution in [-0.4, -0.2) is 52.5 Å². The summed E-state index contributed by atoms with van der Waals surface area (Å²) in [7, 11) is 1.63. The van der Waals surface area contributed by atoms with Crippen LogP contribution >= 0.6 is 11.6 Å². The number of halogens is 1. The average Bonchev–Trinajstić information content (AvgIpc) is 2.44. The first-order valence-corrected chi connectivity index (χ1v) is 6.99. The molecule has 0 atom stereocenters. The number of aromatic nitrogens is 2. The van der Waals surface area contributed by atoms with Crippen LogP contribution in [0.15, 0.2) is 0 Å². The van der Waals surface area contributed by atoms with Crippen LogP contribution in [0.3, 0.4) is 0 Å². The SMILES string of the molecule is Cc1c(Cl)nnc(N2CCC(N(C)C(=O)O)CC2)c1C. The number of carboxylic acid groups (broad SMARTS) is 1. The van der Waals surface area contributed by atoms with Crippen molar-refractivity contribution >= 4 is 23.5 Å². The highest BCUT2D eigenvalue weighted by atomic mass is 35.5. The number of rotatable bonds is 2. The Morgan fingerprint density at radius 1 is 1.30 bits per heavy atom. The lowest BCUT2D eigenvalue weighted by Crippen LogP contribution is -2.45. The molecule has 1 N–H and O–H groups in total. The maximum Gasteiger partial charge on any atom is 0.407 e. The van der Waals surface area contributed by atoms with Crippen molar-refractivity contribution in [2.24, 2.45) is 0 Å². The number of nitrogens with zero attached hydrogens (tertiary/aromatic N) is 4. The van der Waals surface area contributed by atoms with Gasteiger partial charge in [-0.05, 0) is 37.8 Å². The van der Waals surface area contributed by atoms with E-state index in [0.717, 1.165) is 42.9 Å². The monoisotopic (exact) mass is 298 g/mol. The molecular formula is C13H19ClN4O2. The van der Waals surface area contributed by atoms with Crippen LogP contribution in [-0.2, 0) is 0 Å². The number of piperidine rings is 1. The highest BCUT2D eigenvalue weighted by Gasteiger charge is 2.26. The topological polar surface area (TPSA) is 69.6 Å². The third-order valence-electron chi connectivity index (χ3n) is 4.05. The zero-order valence-electron chi connectivity index (χ0n) is 11.9. The van der Waals surface area contributed by atoms with Crippen molar-refractivity contribution in [1.29, 1.82) is 0 Å². The smallest absolute Gasteiger partial charge is 0.407 e. The Morgan fingerprint density at radius 3 is 2.45 bits per heavy atom. The van der Waals surface area contributed by atoms with Crippen LogP contribution in [0.5, 0.6) is 0 Å². The van der Waals surface area contributed by atoms with Crippen molar-refractivity contribution in [2.75, 3.05) is 25.0 Å². The molecule has 1 aliphatic heterocycles. The van der Waals surface area contributed by atoms with Crippen LogP contribution < -0.4 is 4.90 Å². The summed E-state index contributed by atoms with van der Waals surface area (Å²) in [6.45, 7) is 5.47. The highest BCUT2D eigenvalue weighted by Crippen LogP contribution is 2.27. The second-order valence-corrected chi connectivity index (χ2v) is 5.53. The number of hydrogen-bond acceptors (Lipinski definition) is 4. The van der Waals surface area contributed by atoms with Crippen LogP contribution in [0.2, 0.25) is 5.15 Å². The number of amides is 1. The fourth-order valence-corrected chi connectivity index (χ4v) is 2.66. The van der Waals surface area contributed by atoms with Crippen LogP contribution in [0, 0.1) is 13.8 Å². The summed E-state index contributed by atoms with van der Waals surface area (Å²) >= 11 is 5.96. The van der Waals surface area contributed by atoms with E-state index < -0.39 is 6.09 Å². The van der Waals surface area contributed by atoms with E-state index >= 15 is 0 Å². The average molecular weight is 299 g/mol. The Labute approximate surface area is 123 Å². The number of carbonyl (C=O) groups is 1. The van der Waals surface area contributed by atoms with E-state index in [1.807, 2.05) is 13.8 Å². The van der Waals surface area contributed by atoms with Gasteiger partial charge in [-0.1, -0.05) is 11.6 Å². The van der Waals surface area contributed by atoms with Crippen molar-refractivity contribution in [2.45, 2.75) is 32.7 Å². The lowest BCUT2D eigenvalue weighted by atomic mass is 10.0. The molecule has 20 heavy (non-hydrogen) atoms. The summed E-state index contributed by atoms with van der Waals surface area (Å²) < 4.78 is 0. The van der Waals surface area contributed by atoms with Crippen molar-refractivity contribution in [3.8, 4) is 0 Å². The van der Waals surface area contributed by atoms with Crippen molar-refractivity contribution < 1.29 is 9.90 Å². The fourth-order valence-electron chi connectivity index (χ4n) is 2.49. The molecule has 0 radical (unpaired) electrons. The first-order chi connectivity index (χ1) is 9.41. The Kier molecular flexibility index (Phi) is 4.32. The zero-order chi connectivity index (χ0) is 14.9. The highest BCUT2D eigenvalue weighted by molar-refractivity contribution is 6.30. The Morgan fingerprint density at radius 2 is 1.90 bits per heavy atom. The summed E-state index contributed by atoms with van der Waals surface area (Å²) in [4.78, 5) is 14.5. The van der Waals surface area contributed by atoms with Gasteiger partial charge in [0.05, 0.1) is 0 Å². The standard InChI is InChI=1S/C13H19ClN4O2/c1-8-9(2)12(16-15-11(8)14)18-6-4-10(5-7-18)17(3)13(19)20/h10H,4-7H2,1-3H3,(H,19,20). The molecule has 2 heterocycles. The van der Waals surface area contributed by atoms with Crippen LogP contribution in [0.25, 0.3) is 0 Å². The van der Waals surface area contributed by atoms with Crippen LogP contribution in [0.1, 0.15) is 24.0 Å². The zero-order valence-corrected chi connectivity index (χ0v) is 12.7. The molecule has 1 fully saturated rings. The fraction of sp³-hybridized carbons (Fsp3) is 0.615. The second kappa shape index (κ2) is 5.83. The van der Waals surface area contributed by atoms with Gasteiger partial charge in [0.1, 0.15) is 0 Å². The van der Waals surface area contributed by atoms with Crippen molar-refractivity contribution in [3.63, 3.8) is 0 Å². The van der Waals surface area contributed by atoms with Gasteiger partial charge >= 0.3 is 6.09 Å². The molecule has 6 nitrogen and oxygen atoms in total. The molecule has 0 saturated carbocycles. The molecule has 0 aliphatic carbocycles. The predicted octanol–water partition coefficient (Wildman–Crippen LogP) is 2.33. The molecule has 2 rings (SSSR count). The Hall–Kier alpha value is -1.56. The van der Waals surface area contributed by atoms with Crippen LogP contribution in [0.4, 0.5) is 10.6 Å². The lowest BCUT2D eigenvalue weighted by Gasteiger charge is -2.36. The quantitative estimate of drug-likeness (QED) is 0.907. The molecule has 7 heteroatoms. The normalized spacial score (nSPS) is 16.3. The third kappa shape index (κ3) is 2.80. The van der Waals surface area contributed by atoms with E-state index in [4.69, 9.17) is 16.7 Å². The third-order valence-corrected chi connectivity index (χ3v) is 4.41. The minimum Gasteiger partial charge on any atom is -0.465 e. The summed E-state index contributed by atoms with van der Waals surface area (Å²) in [6, 6.07) is 0.0745. The lowest BCUT2D eigenvalue weighted by molar-refractivity contribution is 0.131. The van der Waals surface area contributed by atoms with Crippen molar-refractivity contribution in [1.82, 2.24) is 15.1 Å². The molecular weight excluding hydrogens is 280 g/mol. The van der Waals surface area contributed by atoms with Crippen molar-refractivity contribution in [3.05, 3.63) is 16.3 Å². The molecule has 110 valence electrons. The Balaban J connectivity index is 2.08. The first kappa shape index (κ1) is 14.8.